The minimum atomic E-state index is -0.303. The second-order valence-electron chi connectivity index (χ2n) is 8.27. The Kier molecular flexibility index (Phi) is 7.22. The van der Waals surface area contributed by atoms with Crippen LogP contribution in [0.4, 0.5) is 0 Å². The average molecular weight is 362 g/mol. The number of fused-ring (bicyclic) bond motifs is 1. The minimum absolute atomic E-state index is 0.0144. The highest BCUT2D eigenvalue weighted by molar-refractivity contribution is 5.96. The smallest absolute Gasteiger partial charge is 0.223 e. The van der Waals surface area contributed by atoms with E-state index in [9.17, 15) is 9.59 Å². The lowest BCUT2D eigenvalue weighted by atomic mass is 9.83. The molecule has 0 aromatic carbocycles. The number of ether oxygens (including phenoxy) is 1. The van der Waals surface area contributed by atoms with Crippen LogP contribution in [0.3, 0.4) is 0 Å². The highest BCUT2D eigenvalue weighted by atomic mass is 16.6. The number of amides is 1. The molecule has 1 N–H and O–H groups in total. The molecule has 4 atom stereocenters. The van der Waals surface area contributed by atoms with Gasteiger partial charge in [-0.1, -0.05) is 24.1 Å². The molecule has 1 fully saturated rings. The fourth-order valence-electron chi connectivity index (χ4n) is 3.90. The van der Waals surface area contributed by atoms with Crippen LogP contribution in [0.15, 0.2) is 23.3 Å². The maximum absolute atomic E-state index is 12.9. The Morgan fingerprint density at radius 3 is 2.69 bits per heavy atom. The van der Waals surface area contributed by atoms with Crippen LogP contribution < -0.4 is 5.32 Å². The number of allylic oxidation sites excluding steroid dienone is 4. The van der Waals surface area contributed by atoms with Gasteiger partial charge in [-0.3, -0.25) is 9.59 Å². The molecule has 2 rings (SSSR count). The van der Waals surface area contributed by atoms with Crippen molar-refractivity contribution in [3.63, 3.8) is 0 Å². The summed E-state index contributed by atoms with van der Waals surface area (Å²) < 4.78 is 5.91. The van der Waals surface area contributed by atoms with Crippen molar-refractivity contribution in [2.75, 3.05) is 6.54 Å². The van der Waals surface area contributed by atoms with Crippen LogP contribution >= 0.6 is 0 Å². The second-order valence-corrected chi connectivity index (χ2v) is 8.27. The summed E-state index contributed by atoms with van der Waals surface area (Å²) in [5.41, 5.74) is 2.40. The van der Waals surface area contributed by atoms with Crippen molar-refractivity contribution < 1.29 is 14.3 Å². The molecule has 1 saturated heterocycles. The van der Waals surface area contributed by atoms with Gasteiger partial charge >= 0.3 is 0 Å². The van der Waals surface area contributed by atoms with Crippen molar-refractivity contribution in [3.8, 4) is 0 Å². The van der Waals surface area contributed by atoms with Crippen molar-refractivity contribution in [1.29, 1.82) is 0 Å². The van der Waals surface area contributed by atoms with Gasteiger partial charge in [-0.25, -0.2) is 0 Å². The zero-order valence-electron chi connectivity index (χ0n) is 17.1. The van der Waals surface area contributed by atoms with Gasteiger partial charge < -0.3 is 10.1 Å². The van der Waals surface area contributed by atoms with Gasteiger partial charge in [0.25, 0.3) is 0 Å². The van der Waals surface area contributed by atoms with Gasteiger partial charge in [0.05, 0.1) is 11.7 Å². The summed E-state index contributed by atoms with van der Waals surface area (Å²) in [6.45, 7) is 10.7. The standard InChI is InChI=1S/C22H35NO3/c1-6-23-21(25)17(4)18-11-9-15(2)8-7-13-22(5)20(26-22)12-10-16(3)14-19(18)24/h8,14,17-18,20H,6-7,9-13H2,1-5H3,(H,23,25)/b15-8+,16-14+/t17-,18+,20-,22?/m0/s1. The SMILES string of the molecule is CCNC(=O)[C@@H](C)[C@H]1CC/C(C)=C/CCC2(C)O[C@H]2CC/C(C)=C/C1=O. The number of carbonyl (C=O) groups excluding carboxylic acids is 2. The molecule has 0 aromatic heterocycles. The third-order valence-corrected chi connectivity index (χ3v) is 5.94. The first kappa shape index (κ1) is 20.9. The number of hydrogen-bond acceptors (Lipinski definition) is 3. The monoisotopic (exact) mass is 361 g/mol. The van der Waals surface area contributed by atoms with Crippen molar-refractivity contribution in [3.05, 3.63) is 23.3 Å². The van der Waals surface area contributed by atoms with Crippen LogP contribution in [0, 0.1) is 11.8 Å². The van der Waals surface area contributed by atoms with E-state index in [-0.39, 0.29) is 29.1 Å². The summed E-state index contributed by atoms with van der Waals surface area (Å²) in [5.74, 6) is -0.500. The summed E-state index contributed by atoms with van der Waals surface area (Å²) in [5, 5.41) is 2.86. The molecule has 4 nitrogen and oxygen atoms in total. The van der Waals surface area contributed by atoms with Crippen LogP contribution in [0.5, 0.6) is 0 Å². The van der Waals surface area contributed by atoms with E-state index in [0.717, 1.165) is 44.1 Å². The maximum atomic E-state index is 12.9. The third-order valence-electron chi connectivity index (χ3n) is 5.94. The van der Waals surface area contributed by atoms with Gasteiger partial charge in [0.15, 0.2) is 5.78 Å². The van der Waals surface area contributed by atoms with E-state index in [2.05, 4.69) is 25.2 Å². The number of carbonyl (C=O) groups is 2. The molecule has 1 amide bonds. The third kappa shape index (κ3) is 5.54. The molecular weight excluding hydrogens is 326 g/mol. The van der Waals surface area contributed by atoms with Gasteiger partial charge in [0.2, 0.25) is 5.91 Å². The predicted octanol–water partition coefficient (Wildman–Crippen LogP) is 4.35. The highest BCUT2D eigenvalue weighted by Gasteiger charge is 2.50. The van der Waals surface area contributed by atoms with E-state index in [1.165, 1.54) is 5.57 Å². The van der Waals surface area contributed by atoms with E-state index in [1.54, 1.807) is 6.08 Å². The van der Waals surface area contributed by atoms with Gasteiger partial charge in [-0.15, -0.1) is 0 Å². The Labute approximate surface area is 158 Å². The van der Waals surface area contributed by atoms with E-state index >= 15 is 0 Å². The lowest BCUT2D eigenvalue weighted by Gasteiger charge is -2.22. The quantitative estimate of drug-likeness (QED) is 0.600. The van der Waals surface area contributed by atoms with Crippen LogP contribution in [0.25, 0.3) is 0 Å². The Hall–Kier alpha value is -1.42. The topological polar surface area (TPSA) is 58.7 Å². The van der Waals surface area contributed by atoms with Crippen LogP contribution in [-0.2, 0) is 14.3 Å². The molecule has 2 aliphatic rings. The predicted molar refractivity (Wildman–Crippen MR) is 105 cm³/mol. The molecule has 0 aromatic rings. The number of rotatable bonds is 3. The normalized spacial score (nSPS) is 35.8. The van der Waals surface area contributed by atoms with Crippen LogP contribution in [0.2, 0.25) is 0 Å². The molecule has 0 bridgehead atoms. The van der Waals surface area contributed by atoms with Gasteiger partial charge in [-0.2, -0.15) is 0 Å². The summed E-state index contributed by atoms with van der Waals surface area (Å²) >= 11 is 0. The number of epoxide rings is 1. The molecule has 0 saturated carbocycles. The van der Waals surface area contributed by atoms with Gasteiger partial charge in [0, 0.05) is 18.4 Å². The lowest BCUT2D eigenvalue weighted by Crippen LogP contribution is -2.36. The Balaban J connectivity index is 2.16. The van der Waals surface area contributed by atoms with E-state index in [0.29, 0.717) is 12.6 Å². The Bertz CT molecular complexity index is 592. The van der Waals surface area contributed by atoms with Crippen molar-refractivity contribution in [2.24, 2.45) is 11.8 Å². The van der Waals surface area contributed by atoms with Crippen LogP contribution in [0.1, 0.15) is 73.1 Å². The van der Waals surface area contributed by atoms with E-state index in [4.69, 9.17) is 4.74 Å². The zero-order valence-corrected chi connectivity index (χ0v) is 17.1. The molecule has 1 heterocycles. The maximum Gasteiger partial charge on any atom is 0.223 e. The molecule has 1 aliphatic heterocycles. The summed E-state index contributed by atoms with van der Waals surface area (Å²) in [7, 11) is 0. The fraction of sp³-hybridized carbons (Fsp3) is 0.727. The lowest BCUT2D eigenvalue weighted by molar-refractivity contribution is -0.131. The molecule has 0 radical (unpaired) electrons. The molecule has 1 unspecified atom stereocenters. The average Bonchev–Trinajstić information content (AvgIpc) is 3.22. The first-order valence-electron chi connectivity index (χ1n) is 10.1. The first-order chi connectivity index (χ1) is 12.3. The number of nitrogens with one attached hydrogen (secondary N) is 1. The summed E-state index contributed by atoms with van der Waals surface area (Å²) in [4.78, 5) is 25.2. The second kappa shape index (κ2) is 8.98. The molecule has 1 aliphatic carbocycles. The van der Waals surface area contributed by atoms with E-state index < -0.39 is 0 Å². The van der Waals surface area contributed by atoms with Crippen molar-refractivity contribution >= 4 is 11.7 Å². The molecule has 4 heteroatoms. The van der Waals surface area contributed by atoms with E-state index in [1.807, 2.05) is 20.8 Å². The minimum Gasteiger partial charge on any atom is -0.366 e. The summed E-state index contributed by atoms with van der Waals surface area (Å²) in [6, 6.07) is 0. The van der Waals surface area contributed by atoms with Gasteiger partial charge in [0.1, 0.15) is 0 Å². The number of ketones is 1. The summed E-state index contributed by atoms with van der Waals surface area (Å²) in [6.07, 6.45) is 9.83. The Morgan fingerprint density at radius 1 is 1.31 bits per heavy atom. The molecule has 0 spiro atoms. The van der Waals surface area contributed by atoms with Crippen molar-refractivity contribution in [2.45, 2.75) is 84.8 Å². The molecule has 26 heavy (non-hydrogen) atoms. The fourth-order valence-corrected chi connectivity index (χ4v) is 3.90. The number of hydrogen-bond donors (Lipinski definition) is 1. The van der Waals surface area contributed by atoms with Gasteiger partial charge in [-0.05, 0) is 72.3 Å². The van der Waals surface area contributed by atoms with Crippen LogP contribution in [-0.4, -0.2) is 29.9 Å². The highest BCUT2D eigenvalue weighted by Crippen LogP contribution is 2.43. The first-order valence-corrected chi connectivity index (χ1v) is 10.1. The van der Waals surface area contributed by atoms with Crippen molar-refractivity contribution in [1.82, 2.24) is 5.32 Å². The molecule has 146 valence electrons. The largest absolute Gasteiger partial charge is 0.366 e. The molecular formula is C22H35NO3. The Morgan fingerprint density at radius 2 is 2.00 bits per heavy atom. The zero-order chi connectivity index (χ0) is 19.3.